The van der Waals surface area contributed by atoms with Crippen molar-refractivity contribution in [3.63, 3.8) is 0 Å². The first-order valence-corrected chi connectivity index (χ1v) is 17.8. The fourth-order valence-electron chi connectivity index (χ4n) is 5.59. The van der Waals surface area contributed by atoms with Gasteiger partial charge in [-0.25, -0.2) is 26.7 Å². The highest BCUT2D eigenvalue weighted by Gasteiger charge is 2.19. The molecule has 6 aromatic rings. The highest BCUT2D eigenvalue weighted by atomic mass is 35.5. The fraction of sp³-hybridized carbons (Fsp3) is 0.140. The van der Waals surface area contributed by atoms with Crippen LogP contribution >= 0.6 is 23.2 Å². The standard InChI is InChI=1S/C25H17ClF3NO3.C18H15ClF2O3/c1-14-2-8-23(30(14)18-6-7-21(28)19(12-18)25(31)32)20-10-16(26)4-9-24(20)33-13-15-3-5-17(27)11-22(15)29;1-11(22)2-6-17(23)15-8-13(19)4-7-18(15)24-10-12-3-5-14(20)9-16(12)21/h2-12H,13H2,1H3,(H,31,32);3-5,7-9H,2,6,10H2,1H3. The van der Waals surface area contributed by atoms with Gasteiger partial charge in [0.1, 0.15) is 59.6 Å². The summed E-state index contributed by atoms with van der Waals surface area (Å²) in [5.74, 6) is -4.81. The Balaban J connectivity index is 0.000000230. The molecule has 57 heavy (non-hydrogen) atoms. The van der Waals surface area contributed by atoms with Gasteiger partial charge in [-0.3, -0.25) is 4.79 Å². The molecule has 7 nitrogen and oxygen atoms in total. The zero-order chi connectivity index (χ0) is 41.4. The smallest absolute Gasteiger partial charge is 0.338 e. The number of Topliss-reactive ketones (excluding diaryl/α,β-unsaturated/α-hetero) is 2. The Morgan fingerprint density at radius 3 is 1.79 bits per heavy atom. The van der Waals surface area contributed by atoms with E-state index >= 15 is 0 Å². The number of aromatic carboxylic acids is 1. The van der Waals surface area contributed by atoms with E-state index in [0.29, 0.717) is 32.7 Å². The first kappa shape index (κ1) is 42.2. The average Bonchev–Trinajstić information content (AvgIpc) is 3.55. The van der Waals surface area contributed by atoms with Gasteiger partial charge in [0.05, 0.1) is 16.8 Å². The second-order valence-corrected chi connectivity index (χ2v) is 13.5. The van der Waals surface area contributed by atoms with Gasteiger partial charge in [-0.15, -0.1) is 0 Å². The number of carboxylic acid groups (broad SMARTS) is 1. The quantitative estimate of drug-likeness (QED) is 0.0921. The van der Waals surface area contributed by atoms with Crippen molar-refractivity contribution < 1.29 is 50.9 Å². The number of nitrogens with zero attached hydrogens (tertiary/aromatic N) is 1. The van der Waals surface area contributed by atoms with Crippen LogP contribution in [0.2, 0.25) is 10.0 Å². The minimum absolute atomic E-state index is 0.0386. The van der Waals surface area contributed by atoms with Crippen LogP contribution in [0.15, 0.2) is 103 Å². The Labute approximate surface area is 333 Å². The lowest BCUT2D eigenvalue weighted by Crippen LogP contribution is -2.07. The number of carbonyl (C=O) groups excluding carboxylic acids is 2. The molecular weight excluding hydrogens is 792 g/mol. The first-order valence-electron chi connectivity index (χ1n) is 17.1. The highest BCUT2D eigenvalue weighted by molar-refractivity contribution is 6.31. The normalized spacial score (nSPS) is 10.8. The van der Waals surface area contributed by atoms with Crippen LogP contribution in [0.1, 0.15) is 57.3 Å². The number of aryl methyl sites for hydroxylation is 1. The number of hydrogen-bond donors (Lipinski definition) is 1. The van der Waals surface area contributed by atoms with Gasteiger partial charge < -0.3 is 23.9 Å². The summed E-state index contributed by atoms with van der Waals surface area (Å²) >= 11 is 12.1. The fourth-order valence-corrected chi connectivity index (χ4v) is 5.94. The van der Waals surface area contributed by atoms with Crippen LogP contribution in [0.3, 0.4) is 0 Å². The molecule has 0 radical (unpaired) electrons. The average molecular weight is 825 g/mol. The van der Waals surface area contributed by atoms with Gasteiger partial charge in [0.15, 0.2) is 5.78 Å². The number of aromatic nitrogens is 1. The van der Waals surface area contributed by atoms with E-state index in [9.17, 15) is 41.4 Å². The third kappa shape index (κ3) is 10.9. The van der Waals surface area contributed by atoms with E-state index in [4.69, 9.17) is 32.7 Å². The first-order chi connectivity index (χ1) is 27.1. The van der Waals surface area contributed by atoms with Gasteiger partial charge in [-0.1, -0.05) is 23.2 Å². The van der Waals surface area contributed by atoms with Crippen LogP contribution in [0, 0.1) is 36.0 Å². The summed E-state index contributed by atoms with van der Waals surface area (Å²) in [7, 11) is 0. The van der Waals surface area contributed by atoms with Gasteiger partial charge in [-0.2, -0.15) is 0 Å². The number of ketones is 2. The molecule has 0 aliphatic heterocycles. The maximum Gasteiger partial charge on any atom is 0.338 e. The topological polar surface area (TPSA) is 94.8 Å². The molecule has 0 bridgehead atoms. The number of ether oxygens (including phenoxy) is 2. The van der Waals surface area contributed by atoms with Crippen molar-refractivity contribution >= 4 is 40.7 Å². The Hall–Kier alpha value is -5.98. The van der Waals surface area contributed by atoms with E-state index in [1.807, 2.05) is 13.0 Å². The molecule has 6 rings (SSSR count). The Morgan fingerprint density at radius 1 is 0.632 bits per heavy atom. The van der Waals surface area contributed by atoms with Crippen LogP contribution in [-0.4, -0.2) is 27.2 Å². The minimum atomic E-state index is -1.38. The maximum atomic E-state index is 14.0. The third-order valence-corrected chi connectivity index (χ3v) is 8.95. The van der Waals surface area contributed by atoms with E-state index in [1.54, 1.807) is 34.9 Å². The molecule has 0 aliphatic rings. The number of hydrogen-bond acceptors (Lipinski definition) is 5. The van der Waals surface area contributed by atoms with E-state index in [0.717, 1.165) is 36.0 Å². The predicted octanol–water partition coefficient (Wildman–Crippen LogP) is 11.5. The molecular formula is C43H32Cl2F5NO6. The molecule has 0 unspecified atom stereocenters. The van der Waals surface area contributed by atoms with Crippen molar-refractivity contribution in [2.24, 2.45) is 0 Å². The van der Waals surface area contributed by atoms with Crippen molar-refractivity contribution in [1.29, 1.82) is 0 Å². The summed E-state index contributed by atoms with van der Waals surface area (Å²) in [5, 5.41) is 10.1. The van der Waals surface area contributed by atoms with Crippen LogP contribution < -0.4 is 9.47 Å². The number of halogens is 7. The lowest BCUT2D eigenvalue weighted by atomic mass is 10.0. The van der Waals surface area contributed by atoms with Crippen LogP contribution in [0.5, 0.6) is 11.5 Å². The molecule has 5 aromatic carbocycles. The van der Waals surface area contributed by atoms with Crippen molar-refractivity contribution in [2.75, 3.05) is 0 Å². The predicted molar refractivity (Wildman–Crippen MR) is 205 cm³/mol. The molecule has 0 aliphatic carbocycles. The van der Waals surface area contributed by atoms with Crippen LogP contribution in [0.4, 0.5) is 22.0 Å². The van der Waals surface area contributed by atoms with Gasteiger partial charge in [0.25, 0.3) is 0 Å². The van der Waals surface area contributed by atoms with E-state index in [2.05, 4.69) is 0 Å². The molecule has 1 heterocycles. The lowest BCUT2D eigenvalue weighted by molar-refractivity contribution is -0.117. The molecule has 0 fully saturated rings. The maximum absolute atomic E-state index is 14.0. The van der Waals surface area contributed by atoms with Crippen LogP contribution in [-0.2, 0) is 18.0 Å². The largest absolute Gasteiger partial charge is 0.488 e. The summed E-state index contributed by atoms with van der Waals surface area (Å²) in [4.78, 5) is 34.7. The SMILES string of the molecule is CC(=O)CCC(=O)c1cc(Cl)ccc1OCc1ccc(F)cc1F.Cc1ccc(-c2cc(Cl)ccc2OCc2ccc(F)cc2F)n1-c1ccc(F)c(C(=O)O)c1. The molecule has 0 saturated heterocycles. The summed E-state index contributed by atoms with van der Waals surface area (Å²) in [5.41, 5.74) is 2.45. The zero-order valence-electron chi connectivity index (χ0n) is 30.2. The van der Waals surface area contributed by atoms with E-state index in [1.165, 1.54) is 43.3 Å². The molecule has 0 atom stereocenters. The number of benzene rings is 5. The van der Waals surface area contributed by atoms with Crippen LogP contribution in [0.25, 0.3) is 16.9 Å². The minimum Gasteiger partial charge on any atom is -0.488 e. The van der Waals surface area contributed by atoms with Gasteiger partial charge in [-0.05, 0) is 105 Å². The second kappa shape index (κ2) is 18.8. The Kier molecular flexibility index (Phi) is 13.9. The van der Waals surface area contributed by atoms with Crippen molar-refractivity contribution in [2.45, 2.75) is 39.9 Å². The molecule has 0 amide bonds. The molecule has 0 spiro atoms. The van der Waals surface area contributed by atoms with Gasteiger partial charge >= 0.3 is 5.97 Å². The van der Waals surface area contributed by atoms with Crippen molar-refractivity contribution in [3.05, 3.63) is 170 Å². The number of carboxylic acids is 1. The molecule has 14 heteroatoms. The molecule has 0 saturated carbocycles. The van der Waals surface area contributed by atoms with Crippen molar-refractivity contribution in [3.8, 4) is 28.4 Å². The van der Waals surface area contributed by atoms with E-state index in [-0.39, 0.29) is 60.1 Å². The molecule has 294 valence electrons. The Bertz CT molecular complexity index is 2470. The highest BCUT2D eigenvalue weighted by Crippen LogP contribution is 2.36. The summed E-state index contributed by atoms with van der Waals surface area (Å²) in [6.45, 7) is 2.90. The summed E-state index contributed by atoms with van der Waals surface area (Å²) in [6, 6.07) is 23.2. The lowest BCUT2D eigenvalue weighted by Gasteiger charge is -2.17. The summed E-state index contributed by atoms with van der Waals surface area (Å²) in [6.07, 6.45) is 0.161. The third-order valence-electron chi connectivity index (χ3n) is 8.47. The van der Waals surface area contributed by atoms with E-state index < -0.39 is 40.6 Å². The second-order valence-electron chi connectivity index (χ2n) is 12.6. The number of rotatable bonds is 13. The monoisotopic (exact) mass is 823 g/mol. The number of carbonyl (C=O) groups is 3. The van der Waals surface area contributed by atoms with Gasteiger partial charge in [0, 0.05) is 63.1 Å². The molecule has 1 aromatic heterocycles. The molecule has 1 N–H and O–H groups in total. The van der Waals surface area contributed by atoms with Gasteiger partial charge in [0.2, 0.25) is 0 Å². The summed E-state index contributed by atoms with van der Waals surface area (Å²) < 4.78 is 80.8. The van der Waals surface area contributed by atoms with Crippen molar-refractivity contribution in [1.82, 2.24) is 4.57 Å². The Morgan fingerprint density at radius 2 is 1.21 bits per heavy atom. The zero-order valence-corrected chi connectivity index (χ0v) is 31.7.